The van der Waals surface area contributed by atoms with Crippen molar-refractivity contribution in [2.75, 3.05) is 12.4 Å². The number of carbonyl (C=O) groups excluding carboxylic acids is 1. The lowest BCUT2D eigenvalue weighted by Gasteiger charge is -2.11. The second-order valence-electron chi connectivity index (χ2n) is 5.93. The number of halogens is 3. The number of nitrogens with zero attached hydrogens (tertiary/aromatic N) is 3. The monoisotopic (exact) mass is 388 g/mol. The van der Waals surface area contributed by atoms with Crippen molar-refractivity contribution in [3.8, 4) is 11.1 Å². The van der Waals surface area contributed by atoms with Crippen LogP contribution in [-0.4, -0.2) is 28.0 Å². The Kier molecular flexibility index (Phi) is 5.25. The van der Waals surface area contributed by atoms with Gasteiger partial charge in [-0.3, -0.25) is 4.98 Å². The Morgan fingerprint density at radius 2 is 1.89 bits per heavy atom. The summed E-state index contributed by atoms with van der Waals surface area (Å²) in [6, 6.07) is 7.73. The summed E-state index contributed by atoms with van der Waals surface area (Å²) in [6.45, 7) is 1.83. The molecule has 9 heteroatoms. The normalized spacial score (nSPS) is 11.2. The molecule has 0 radical (unpaired) electrons. The molecule has 0 aliphatic rings. The van der Waals surface area contributed by atoms with Gasteiger partial charge in [0.2, 0.25) is 5.95 Å². The molecular formula is C19H15F3N4O2. The standard InChI is InChI=1S/C19H15F3N4O2/c1-11-5-12(13-7-14(10-23-9-13)17(27)28-2)8-15(6-11)25-18-24-4-3-16(26-18)19(20,21)22/h3-10H,1-2H3,(H,24,25,26). The molecule has 0 unspecified atom stereocenters. The number of alkyl halides is 3. The lowest BCUT2D eigenvalue weighted by atomic mass is 10.0. The molecule has 1 N–H and O–H groups in total. The summed E-state index contributed by atoms with van der Waals surface area (Å²) < 4.78 is 43.2. The molecule has 6 nitrogen and oxygen atoms in total. The van der Waals surface area contributed by atoms with Crippen LogP contribution >= 0.6 is 0 Å². The Hall–Kier alpha value is -3.49. The van der Waals surface area contributed by atoms with Gasteiger partial charge in [0.1, 0.15) is 5.69 Å². The van der Waals surface area contributed by atoms with Gasteiger partial charge in [0, 0.05) is 29.8 Å². The molecule has 1 aromatic carbocycles. The van der Waals surface area contributed by atoms with E-state index in [-0.39, 0.29) is 11.5 Å². The predicted molar refractivity (Wildman–Crippen MR) is 96.1 cm³/mol. The van der Waals surface area contributed by atoms with Gasteiger partial charge in [-0.15, -0.1) is 0 Å². The van der Waals surface area contributed by atoms with Crippen molar-refractivity contribution in [1.29, 1.82) is 0 Å². The number of benzene rings is 1. The number of hydrogen-bond acceptors (Lipinski definition) is 6. The zero-order valence-corrected chi connectivity index (χ0v) is 14.9. The number of aromatic nitrogens is 3. The molecule has 2 heterocycles. The molecule has 144 valence electrons. The van der Waals surface area contributed by atoms with Crippen molar-refractivity contribution in [2.45, 2.75) is 13.1 Å². The van der Waals surface area contributed by atoms with Crippen LogP contribution in [0.15, 0.2) is 48.9 Å². The van der Waals surface area contributed by atoms with Crippen LogP contribution in [0, 0.1) is 6.92 Å². The molecule has 3 aromatic rings. The summed E-state index contributed by atoms with van der Waals surface area (Å²) in [5.41, 5.74) is 1.96. The van der Waals surface area contributed by atoms with Crippen LogP contribution in [-0.2, 0) is 10.9 Å². The molecule has 0 saturated carbocycles. The molecule has 28 heavy (non-hydrogen) atoms. The summed E-state index contributed by atoms with van der Waals surface area (Å²) in [4.78, 5) is 23.1. The van der Waals surface area contributed by atoms with Gasteiger partial charge in [0.15, 0.2) is 0 Å². The van der Waals surface area contributed by atoms with E-state index in [9.17, 15) is 18.0 Å². The number of ether oxygens (including phenoxy) is 1. The van der Waals surface area contributed by atoms with Gasteiger partial charge in [-0.25, -0.2) is 14.8 Å². The van der Waals surface area contributed by atoms with E-state index in [0.29, 0.717) is 16.8 Å². The highest BCUT2D eigenvalue weighted by atomic mass is 19.4. The quantitative estimate of drug-likeness (QED) is 0.668. The number of carbonyl (C=O) groups is 1. The Morgan fingerprint density at radius 1 is 1.11 bits per heavy atom. The SMILES string of the molecule is COC(=O)c1cncc(-c2cc(C)cc(Nc3nccc(C(F)(F)F)n3)c2)c1. The Balaban J connectivity index is 1.94. The van der Waals surface area contributed by atoms with Gasteiger partial charge in [-0.1, -0.05) is 6.07 Å². The summed E-state index contributed by atoms with van der Waals surface area (Å²) in [6.07, 6.45) is -0.553. The zero-order valence-electron chi connectivity index (χ0n) is 14.9. The highest BCUT2D eigenvalue weighted by Gasteiger charge is 2.32. The maximum atomic E-state index is 12.8. The van der Waals surface area contributed by atoms with E-state index >= 15 is 0 Å². The Labute approximate surface area is 158 Å². The number of esters is 1. The van der Waals surface area contributed by atoms with Crippen LogP contribution in [0.25, 0.3) is 11.1 Å². The van der Waals surface area contributed by atoms with E-state index in [4.69, 9.17) is 4.74 Å². The molecule has 0 aliphatic heterocycles. The van der Waals surface area contributed by atoms with Crippen molar-refractivity contribution < 1.29 is 22.7 Å². The average molecular weight is 388 g/mol. The summed E-state index contributed by atoms with van der Waals surface area (Å²) in [5.74, 6) is -0.689. The topological polar surface area (TPSA) is 77.0 Å². The van der Waals surface area contributed by atoms with Gasteiger partial charge < -0.3 is 10.1 Å². The summed E-state index contributed by atoms with van der Waals surface area (Å²) in [5, 5.41) is 2.78. The van der Waals surface area contributed by atoms with E-state index in [2.05, 4.69) is 20.3 Å². The first-order chi connectivity index (χ1) is 13.3. The first-order valence-electron chi connectivity index (χ1n) is 8.09. The Bertz CT molecular complexity index is 1020. The van der Waals surface area contributed by atoms with E-state index < -0.39 is 17.8 Å². The van der Waals surface area contributed by atoms with Crippen molar-refractivity contribution in [1.82, 2.24) is 15.0 Å². The fourth-order valence-electron chi connectivity index (χ4n) is 2.56. The molecule has 0 spiro atoms. The molecule has 3 rings (SSSR count). The molecule has 0 atom stereocenters. The maximum Gasteiger partial charge on any atom is 0.433 e. The summed E-state index contributed by atoms with van der Waals surface area (Å²) >= 11 is 0. The van der Waals surface area contributed by atoms with Gasteiger partial charge in [-0.05, 0) is 42.3 Å². The van der Waals surface area contributed by atoms with Crippen molar-refractivity contribution in [3.63, 3.8) is 0 Å². The van der Waals surface area contributed by atoms with Gasteiger partial charge in [0.05, 0.1) is 12.7 Å². The smallest absolute Gasteiger partial charge is 0.433 e. The van der Waals surface area contributed by atoms with Crippen LogP contribution in [0.2, 0.25) is 0 Å². The minimum atomic E-state index is -4.56. The maximum absolute atomic E-state index is 12.8. The van der Waals surface area contributed by atoms with Crippen LogP contribution < -0.4 is 5.32 Å². The van der Waals surface area contributed by atoms with Crippen molar-refractivity contribution in [3.05, 3.63) is 65.7 Å². The third kappa shape index (κ3) is 4.43. The highest BCUT2D eigenvalue weighted by Crippen LogP contribution is 2.29. The number of aryl methyl sites for hydroxylation is 1. The minimum absolute atomic E-state index is 0.173. The van der Waals surface area contributed by atoms with Crippen LogP contribution in [0.4, 0.5) is 24.8 Å². The predicted octanol–water partition coefficient (Wildman–Crippen LogP) is 4.40. The molecule has 0 bridgehead atoms. The van der Waals surface area contributed by atoms with Gasteiger partial charge in [-0.2, -0.15) is 13.2 Å². The van der Waals surface area contributed by atoms with Crippen LogP contribution in [0.3, 0.4) is 0 Å². The fraction of sp³-hybridized carbons (Fsp3) is 0.158. The molecule has 0 saturated heterocycles. The highest BCUT2D eigenvalue weighted by molar-refractivity contribution is 5.90. The lowest BCUT2D eigenvalue weighted by molar-refractivity contribution is -0.141. The molecule has 0 amide bonds. The number of nitrogens with one attached hydrogen (secondary N) is 1. The first kappa shape index (κ1) is 19.3. The molecule has 2 aromatic heterocycles. The lowest BCUT2D eigenvalue weighted by Crippen LogP contribution is -2.10. The first-order valence-corrected chi connectivity index (χ1v) is 8.09. The van der Waals surface area contributed by atoms with Gasteiger partial charge >= 0.3 is 12.1 Å². The molecule has 0 fully saturated rings. The number of anilines is 2. The number of pyridine rings is 1. The number of hydrogen-bond donors (Lipinski definition) is 1. The van der Waals surface area contributed by atoms with E-state index in [0.717, 1.165) is 17.8 Å². The summed E-state index contributed by atoms with van der Waals surface area (Å²) in [7, 11) is 1.28. The van der Waals surface area contributed by atoms with E-state index in [1.54, 1.807) is 24.4 Å². The molecular weight excluding hydrogens is 373 g/mol. The Morgan fingerprint density at radius 3 is 2.61 bits per heavy atom. The number of methoxy groups -OCH3 is 1. The van der Waals surface area contributed by atoms with Crippen LogP contribution in [0.1, 0.15) is 21.6 Å². The van der Waals surface area contributed by atoms with Gasteiger partial charge in [0.25, 0.3) is 0 Å². The minimum Gasteiger partial charge on any atom is -0.465 e. The number of rotatable bonds is 4. The second-order valence-corrected chi connectivity index (χ2v) is 5.93. The fourth-order valence-corrected chi connectivity index (χ4v) is 2.56. The van der Waals surface area contributed by atoms with Crippen LogP contribution in [0.5, 0.6) is 0 Å². The second kappa shape index (κ2) is 7.63. The average Bonchev–Trinajstić information content (AvgIpc) is 2.66. The largest absolute Gasteiger partial charge is 0.465 e. The van der Waals surface area contributed by atoms with E-state index in [1.807, 2.05) is 13.0 Å². The van der Waals surface area contributed by atoms with E-state index in [1.165, 1.54) is 13.3 Å². The van der Waals surface area contributed by atoms with Crippen molar-refractivity contribution >= 4 is 17.6 Å². The zero-order chi connectivity index (χ0) is 20.3. The molecule has 0 aliphatic carbocycles. The third-order valence-electron chi connectivity index (χ3n) is 3.77. The van der Waals surface area contributed by atoms with Crippen molar-refractivity contribution in [2.24, 2.45) is 0 Å². The third-order valence-corrected chi connectivity index (χ3v) is 3.77.